The van der Waals surface area contributed by atoms with Crippen LogP contribution in [0.25, 0.3) is 0 Å². The van der Waals surface area contributed by atoms with Gasteiger partial charge in [0.05, 0.1) is 0 Å². The van der Waals surface area contributed by atoms with Crippen LogP contribution in [0.15, 0.2) is 28.4 Å². The van der Waals surface area contributed by atoms with Crippen LogP contribution in [0.3, 0.4) is 0 Å². The number of hydrogen-bond donors (Lipinski definition) is 2. The van der Waals surface area contributed by atoms with Crippen LogP contribution >= 0.6 is 11.6 Å². The number of nitrogens with zero attached hydrogens (tertiary/aromatic N) is 1. The van der Waals surface area contributed by atoms with Gasteiger partial charge >= 0.3 is 0 Å². The minimum atomic E-state index is -0.0528. The summed E-state index contributed by atoms with van der Waals surface area (Å²) in [7, 11) is 1.74. The van der Waals surface area contributed by atoms with Crippen molar-refractivity contribution in [2.24, 2.45) is 7.05 Å². The average molecular weight is 226 g/mol. The molecule has 1 aliphatic rings. The first-order valence-corrected chi connectivity index (χ1v) is 5.01. The van der Waals surface area contributed by atoms with Gasteiger partial charge in [-0.05, 0) is 13.0 Å². The molecular weight excluding hydrogens is 214 g/mol. The molecule has 0 bridgehead atoms. The van der Waals surface area contributed by atoms with Crippen molar-refractivity contribution in [2.75, 3.05) is 0 Å². The molecule has 0 fully saturated rings. The van der Waals surface area contributed by atoms with Crippen LogP contribution in [0.5, 0.6) is 0 Å². The Hall–Kier alpha value is -1.42. The van der Waals surface area contributed by atoms with Gasteiger partial charge in [-0.25, -0.2) is 0 Å². The lowest BCUT2D eigenvalue weighted by molar-refractivity contribution is 0.594. The maximum Gasteiger partial charge on any atom is 0.253 e. The summed E-state index contributed by atoms with van der Waals surface area (Å²) in [6.45, 7) is 1.80. The van der Waals surface area contributed by atoms with Crippen molar-refractivity contribution in [3.8, 4) is 0 Å². The van der Waals surface area contributed by atoms with Gasteiger partial charge in [0.25, 0.3) is 5.56 Å². The molecule has 0 aromatic carbocycles. The van der Waals surface area contributed by atoms with E-state index in [1.165, 1.54) is 0 Å². The van der Waals surface area contributed by atoms with Gasteiger partial charge in [-0.15, -0.1) is 0 Å². The van der Waals surface area contributed by atoms with Crippen molar-refractivity contribution < 1.29 is 0 Å². The van der Waals surface area contributed by atoms with Gasteiger partial charge in [-0.2, -0.15) is 0 Å². The molecule has 1 aromatic heterocycles. The highest BCUT2D eigenvalue weighted by Crippen LogP contribution is 2.17. The molecule has 0 radical (unpaired) electrons. The van der Waals surface area contributed by atoms with Gasteiger partial charge in [0, 0.05) is 30.6 Å². The van der Waals surface area contributed by atoms with E-state index in [9.17, 15) is 4.79 Å². The summed E-state index contributed by atoms with van der Waals surface area (Å²) in [5.74, 6) is 0. The van der Waals surface area contributed by atoms with Crippen molar-refractivity contribution in [3.05, 3.63) is 45.1 Å². The molecule has 0 aliphatic carbocycles. The van der Waals surface area contributed by atoms with Crippen LogP contribution < -0.4 is 16.2 Å². The van der Waals surface area contributed by atoms with Crippen LogP contribution in [0.4, 0.5) is 0 Å². The summed E-state index contributed by atoms with van der Waals surface area (Å²) in [6.07, 6.45) is 3.44. The molecule has 1 aromatic rings. The summed E-state index contributed by atoms with van der Waals surface area (Å²) in [4.78, 5) is 11.5. The van der Waals surface area contributed by atoms with E-state index < -0.39 is 0 Å². The van der Waals surface area contributed by atoms with Crippen LogP contribution in [0, 0.1) is 6.92 Å². The van der Waals surface area contributed by atoms with E-state index in [1.54, 1.807) is 30.9 Å². The fourth-order valence-electron chi connectivity index (χ4n) is 1.62. The Labute approximate surface area is 92.6 Å². The molecule has 0 amide bonds. The third-order valence-corrected chi connectivity index (χ3v) is 2.59. The Morgan fingerprint density at radius 3 is 2.80 bits per heavy atom. The van der Waals surface area contributed by atoms with Crippen LogP contribution in [-0.2, 0) is 7.05 Å². The average Bonchev–Trinajstić information content (AvgIpc) is 2.60. The number of aryl methyl sites for hydroxylation is 2. The Balaban J connectivity index is 2.35. The molecule has 80 valence electrons. The van der Waals surface area contributed by atoms with E-state index in [0.717, 1.165) is 11.1 Å². The second-order valence-corrected chi connectivity index (χ2v) is 4.02. The molecule has 0 saturated heterocycles. The minimum absolute atomic E-state index is 0.0239. The van der Waals surface area contributed by atoms with Gasteiger partial charge < -0.3 is 15.2 Å². The van der Waals surface area contributed by atoms with Gasteiger partial charge in [0.1, 0.15) is 11.3 Å². The molecule has 0 spiro atoms. The van der Waals surface area contributed by atoms with Gasteiger partial charge in [-0.1, -0.05) is 11.6 Å². The molecule has 2 heterocycles. The lowest BCUT2D eigenvalue weighted by Crippen LogP contribution is -2.26. The molecule has 1 aliphatic heterocycles. The zero-order valence-corrected chi connectivity index (χ0v) is 9.30. The second kappa shape index (κ2) is 3.62. The normalized spacial score (nSPS) is 19.4. The Morgan fingerprint density at radius 2 is 2.27 bits per heavy atom. The number of nitrogens with one attached hydrogen (secondary N) is 2. The van der Waals surface area contributed by atoms with Crippen molar-refractivity contribution >= 4 is 11.6 Å². The third-order valence-electron chi connectivity index (χ3n) is 2.38. The van der Waals surface area contributed by atoms with E-state index in [4.69, 9.17) is 11.6 Å². The highest BCUT2D eigenvalue weighted by Gasteiger charge is 2.16. The lowest BCUT2D eigenvalue weighted by atomic mass is 10.2. The number of aromatic nitrogens is 1. The SMILES string of the molecule is Cc1cc(C2NC=C(Cl)N2)cn(C)c1=O. The van der Waals surface area contributed by atoms with E-state index in [-0.39, 0.29) is 11.7 Å². The Morgan fingerprint density at radius 1 is 1.53 bits per heavy atom. The summed E-state index contributed by atoms with van der Waals surface area (Å²) < 4.78 is 1.57. The minimum Gasteiger partial charge on any atom is -0.365 e. The Kier molecular flexibility index (Phi) is 2.44. The molecule has 1 unspecified atom stereocenters. The van der Waals surface area contributed by atoms with Gasteiger partial charge in [0.2, 0.25) is 0 Å². The summed E-state index contributed by atoms with van der Waals surface area (Å²) in [5.41, 5.74) is 1.74. The first kappa shape index (κ1) is 10.1. The maximum absolute atomic E-state index is 11.5. The van der Waals surface area contributed by atoms with E-state index >= 15 is 0 Å². The summed E-state index contributed by atoms with van der Waals surface area (Å²) in [6, 6.07) is 1.86. The first-order valence-electron chi connectivity index (χ1n) is 4.63. The van der Waals surface area contributed by atoms with E-state index in [0.29, 0.717) is 5.16 Å². The molecule has 0 saturated carbocycles. The smallest absolute Gasteiger partial charge is 0.253 e. The molecule has 2 N–H and O–H groups in total. The van der Waals surface area contributed by atoms with Crippen molar-refractivity contribution in [2.45, 2.75) is 13.1 Å². The monoisotopic (exact) mass is 225 g/mol. The van der Waals surface area contributed by atoms with Crippen molar-refractivity contribution in [1.82, 2.24) is 15.2 Å². The zero-order chi connectivity index (χ0) is 11.0. The quantitative estimate of drug-likeness (QED) is 0.699. The maximum atomic E-state index is 11.5. The molecule has 1 atom stereocenters. The molecule has 2 rings (SSSR count). The predicted molar refractivity (Wildman–Crippen MR) is 59.4 cm³/mol. The Bertz CT molecular complexity index is 452. The van der Waals surface area contributed by atoms with Crippen LogP contribution in [0.1, 0.15) is 17.3 Å². The van der Waals surface area contributed by atoms with Crippen molar-refractivity contribution in [1.29, 1.82) is 0 Å². The fourth-order valence-corrected chi connectivity index (χ4v) is 1.80. The predicted octanol–water partition coefficient (Wildman–Crippen LogP) is 0.923. The van der Waals surface area contributed by atoms with E-state index in [1.807, 2.05) is 6.07 Å². The first-order chi connectivity index (χ1) is 7.08. The summed E-state index contributed by atoms with van der Waals surface area (Å²) in [5, 5.41) is 6.70. The van der Waals surface area contributed by atoms with Gasteiger partial charge in [-0.3, -0.25) is 4.79 Å². The highest BCUT2D eigenvalue weighted by atomic mass is 35.5. The lowest BCUT2D eigenvalue weighted by Gasteiger charge is -2.14. The highest BCUT2D eigenvalue weighted by molar-refractivity contribution is 6.29. The van der Waals surface area contributed by atoms with Gasteiger partial charge in [0.15, 0.2) is 0 Å². The van der Waals surface area contributed by atoms with Crippen LogP contribution in [0.2, 0.25) is 0 Å². The number of rotatable bonds is 1. The largest absolute Gasteiger partial charge is 0.365 e. The number of pyridine rings is 1. The fraction of sp³-hybridized carbons (Fsp3) is 0.300. The molecule has 15 heavy (non-hydrogen) atoms. The number of hydrogen-bond acceptors (Lipinski definition) is 3. The second-order valence-electron chi connectivity index (χ2n) is 3.61. The zero-order valence-electron chi connectivity index (χ0n) is 8.54. The molecule has 5 heteroatoms. The summed E-state index contributed by atoms with van der Waals surface area (Å²) >= 11 is 5.79. The number of halogens is 1. The topological polar surface area (TPSA) is 46.1 Å². The standard InChI is InChI=1S/C10H12ClN3O/c1-6-3-7(5-14(2)10(6)15)9-12-4-8(11)13-9/h3-5,9,12-13H,1-2H3. The molecular formula is C10H12ClN3O. The van der Waals surface area contributed by atoms with Crippen LogP contribution in [-0.4, -0.2) is 4.57 Å². The molecule has 4 nitrogen and oxygen atoms in total. The third kappa shape index (κ3) is 1.85. The van der Waals surface area contributed by atoms with Crippen molar-refractivity contribution in [3.63, 3.8) is 0 Å². The van der Waals surface area contributed by atoms with E-state index in [2.05, 4.69) is 10.6 Å².